The minimum Gasteiger partial charge on any atom is -0.395 e. The average Bonchev–Trinajstić information content (AvgIpc) is 3.23. The molecule has 0 aliphatic carbocycles. The van der Waals surface area contributed by atoms with Crippen molar-refractivity contribution in [2.45, 2.75) is 19.9 Å². The smallest absolute Gasteiger partial charge is 0.395 e. The Hall–Kier alpha value is -3.49. The standard InChI is InChI=1S/C17H15FN4O4/c1-10(20-17(23)15-7-8-16(26-15)22(24)25)14-9-19-21(11(14)2)13-5-3-12(18)4-6-13/h3-10H,1-2H3,(H,20,23)/t10-/m0/s1. The minimum absolute atomic E-state index is 0.146. The number of amides is 1. The van der Waals surface area contributed by atoms with Crippen molar-refractivity contribution in [3.05, 3.63) is 75.5 Å². The van der Waals surface area contributed by atoms with Gasteiger partial charge in [-0.2, -0.15) is 5.10 Å². The Morgan fingerprint density at radius 1 is 1.31 bits per heavy atom. The van der Waals surface area contributed by atoms with E-state index in [1.165, 1.54) is 18.2 Å². The fourth-order valence-corrected chi connectivity index (χ4v) is 2.58. The Kier molecular flexibility index (Phi) is 4.53. The summed E-state index contributed by atoms with van der Waals surface area (Å²) in [6.07, 6.45) is 1.61. The minimum atomic E-state index is -0.711. The molecule has 1 aromatic carbocycles. The van der Waals surface area contributed by atoms with Gasteiger partial charge in [0.2, 0.25) is 0 Å². The zero-order chi connectivity index (χ0) is 18.8. The van der Waals surface area contributed by atoms with E-state index in [2.05, 4.69) is 10.4 Å². The topological polar surface area (TPSA) is 103 Å². The molecule has 0 saturated carbocycles. The van der Waals surface area contributed by atoms with Gasteiger partial charge in [0.05, 0.1) is 24.0 Å². The van der Waals surface area contributed by atoms with Gasteiger partial charge in [-0.3, -0.25) is 14.9 Å². The van der Waals surface area contributed by atoms with E-state index in [9.17, 15) is 19.3 Å². The molecule has 8 nitrogen and oxygen atoms in total. The quantitative estimate of drug-likeness (QED) is 0.557. The second-order valence-corrected chi connectivity index (χ2v) is 5.66. The Balaban J connectivity index is 1.77. The van der Waals surface area contributed by atoms with Gasteiger partial charge in [-0.25, -0.2) is 9.07 Å². The molecular formula is C17H15FN4O4. The highest BCUT2D eigenvalue weighted by Gasteiger charge is 2.21. The first-order valence-electron chi connectivity index (χ1n) is 7.72. The van der Waals surface area contributed by atoms with E-state index in [4.69, 9.17) is 4.42 Å². The number of hydrogen-bond acceptors (Lipinski definition) is 5. The van der Waals surface area contributed by atoms with Gasteiger partial charge >= 0.3 is 5.88 Å². The van der Waals surface area contributed by atoms with E-state index >= 15 is 0 Å². The lowest BCUT2D eigenvalue weighted by atomic mass is 10.1. The molecule has 0 radical (unpaired) electrons. The van der Waals surface area contributed by atoms with Crippen molar-refractivity contribution in [2.24, 2.45) is 0 Å². The molecule has 1 amide bonds. The van der Waals surface area contributed by atoms with Crippen LogP contribution in [-0.2, 0) is 0 Å². The Morgan fingerprint density at radius 2 is 2.00 bits per heavy atom. The van der Waals surface area contributed by atoms with Crippen LogP contribution in [0.2, 0.25) is 0 Å². The first-order valence-corrected chi connectivity index (χ1v) is 7.72. The van der Waals surface area contributed by atoms with Crippen molar-refractivity contribution in [2.75, 3.05) is 0 Å². The van der Waals surface area contributed by atoms with Crippen molar-refractivity contribution in [3.63, 3.8) is 0 Å². The lowest BCUT2D eigenvalue weighted by molar-refractivity contribution is -0.402. The third-order valence-electron chi connectivity index (χ3n) is 3.93. The average molecular weight is 358 g/mol. The van der Waals surface area contributed by atoms with Crippen LogP contribution in [0.5, 0.6) is 0 Å². The molecule has 2 heterocycles. The normalized spacial score (nSPS) is 12.0. The van der Waals surface area contributed by atoms with Crippen LogP contribution in [0.25, 0.3) is 5.69 Å². The molecular weight excluding hydrogens is 343 g/mol. The molecule has 0 aliphatic rings. The van der Waals surface area contributed by atoms with Crippen LogP contribution in [-0.4, -0.2) is 20.6 Å². The van der Waals surface area contributed by atoms with Gasteiger partial charge in [-0.05, 0) is 44.2 Å². The van der Waals surface area contributed by atoms with E-state index in [0.29, 0.717) is 5.69 Å². The second-order valence-electron chi connectivity index (χ2n) is 5.66. The van der Waals surface area contributed by atoms with Gasteiger partial charge in [0.15, 0.2) is 5.76 Å². The summed E-state index contributed by atoms with van der Waals surface area (Å²) in [5.41, 5.74) is 2.22. The number of rotatable bonds is 5. The summed E-state index contributed by atoms with van der Waals surface area (Å²) in [6, 6.07) is 7.83. The number of carbonyl (C=O) groups is 1. The number of nitro groups is 1. The SMILES string of the molecule is Cc1c([C@H](C)NC(=O)c2ccc([N+](=O)[O-])o2)cnn1-c1ccc(F)cc1. The van der Waals surface area contributed by atoms with Crippen molar-refractivity contribution in [1.29, 1.82) is 0 Å². The molecule has 9 heteroatoms. The number of hydrogen-bond donors (Lipinski definition) is 1. The van der Waals surface area contributed by atoms with Gasteiger partial charge in [0.1, 0.15) is 10.7 Å². The molecule has 1 N–H and O–H groups in total. The summed E-state index contributed by atoms with van der Waals surface area (Å²) >= 11 is 0. The van der Waals surface area contributed by atoms with Crippen LogP contribution in [0.3, 0.4) is 0 Å². The molecule has 2 aromatic heterocycles. The molecule has 134 valence electrons. The highest BCUT2D eigenvalue weighted by atomic mass is 19.1. The van der Waals surface area contributed by atoms with E-state index in [-0.39, 0.29) is 11.6 Å². The van der Waals surface area contributed by atoms with Gasteiger partial charge in [-0.15, -0.1) is 0 Å². The fraction of sp³-hybridized carbons (Fsp3) is 0.176. The van der Waals surface area contributed by atoms with E-state index < -0.39 is 22.8 Å². The molecule has 1 atom stereocenters. The van der Waals surface area contributed by atoms with Crippen molar-refractivity contribution in [1.82, 2.24) is 15.1 Å². The van der Waals surface area contributed by atoms with E-state index in [0.717, 1.165) is 17.3 Å². The van der Waals surface area contributed by atoms with Crippen LogP contribution in [0.4, 0.5) is 10.3 Å². The molecule has 0 unspecified atom stereocenters. The zero-order valence-electron chi connectivity index (χ0n) is 14.0. The number of furan rings is 1. The summed E-state index contributed by atoms with van der Waals surface area (Å²) in [7, 11) is 0. The Morgan fingerprint density at radius 3 is 2.62 bits per heavy atom. The van der Waals surface area contributed by atoms with Crippen molar-refractivity contribution < 1.29 is 18.5 Å². The predicted molar refractivity (Wildman–Crippen MR) is 89.5 cm³/mol. The molecule has 0 saturated heterocycles. The van der Waals surface area contributed by atoms with Crippen LogP contribution in [0.1, 0.15) is 34.8 Å². The number of nitrogens with zero attached hydrogens (tertiary/aromatic N) is 3. The number of aromatic nitrogens is 2. The number of benzene rings is 1. The van der Waals surface area contributed by atoms with E-state index in [1.807, 2.05) is 6.92 Å². The lowest BCUT2D eigenvalue weighted by Crippen LogP contribution is -2.26. The largest absolute Gasteiger partial charge is 0.433 e. The first kappa shape index (κ1) is 17.3. The van der Waals surface area contributed by atoms with Gasteiger partial charge in [-0.1, -0.05) is 0 Å². The number of halogens is 1. The summed E-state index contributed by atoms with van der Waals surface area (Å²) < 4.78 is 19.6. The number of carbonyl (C=O) groups excluding carboxylic acids is 1. The van der Waals surface area contributed by atoms with Crippen LogP contribution in [0.15, 0.2) is 47.0 Å². The maximum Gasteiger partial charge on any atom is 0.433 e. The fourth-order valence-electron chi connectivity index (χ4n) is 2.58. The molecule has 0 aliphatic heterocycles. The Bertz CT molecular complexity index is 962. The maximum atomic E-state index is 13.1. The third kappa shape index (κ3) is 3.32. The van der Waals surface area contributed by atoms with Crippen LogP contribution >= 0.6 is 0 Å². The molecule has 3 aromatic rings. The third-order valence-corrected chi connectivity index (χ3v) is 3.93. The lowest BCUT2D eigenvalue weighted by Gasteiger charge is -2.13. The predicted octanol–water partition coefficient (Wildman–Crippen LogP) is 3.31. The highest BCUT2D eigenvalue weighted by molar-refractivity contribution is 5.92. The second kappa shape index (κ2) is 6.79. The molecule has 3 rings (SSSR count). The highest BCUT2D eigenvalue weighted by Crippen LogP contribution is 2.22. The molecule has 0 fully saturated rings. The first-order chi connectivity index (χ1) is 12.4. The van der Waals surface area contributed by atoms with Crippen LogP contribution in [0, 0.1) is 22.9 Å². The van der Waals surface area contributed by atoms with Gasteiger partial charge in [0.25, 0.3) is 5.91 Å². The van der Waals surface area contributed by atoms with Gasteiger partial charge in [0, 0.05) is 11.3 Å². The summed E-state index contributed by atoms with van der Waals surface area (Å²) in [6.45, 7) is 3.58. The molecule has 0 bridgehead atoms. The Labute approximate surface area is 147 Å². The zero-order valence-corrected chi connectivity index (χ0v) is 14.0. The van der Waals surface area contributed by atoms with Crippen molar-refractivity contribution >= 4 is 11.8 Å². The molecule has 0 spiro atoms. The maximum absolute atomic E-state index is 13.1. The van der Waals surface area contributed by atoms with Crippen LogP contribution < -0.4 is 5.32 Å². The van der Waals surface area contributed by atoms with Crippen molar-refractivity contribution in [3.8, 4) is 5.69 Å². The monoisotopic (exact) mass is 358 g/mol. The summed E-state index contributed by atoms with van der Waals surface area (Å²) in [4.78, 5) is 22.1. The summed E-state index contributed by atoms with van der Waals surface area (Å²) in [5.74, 6) is -1.55. The van der Waals surface area contributed by atoms with E-state index in [1.54, 1.807) is 29.9 Å². The number of nitrogens with one attached hydrogen (secondary N) is 1. The van der Waals surface area contributed by atoms with Gasteiger partial charge < -0.3 is 9.73 Å². The molecule has 26 heavy (non-hydrogen) atoms. The summed E-state index contributed by atoms with van der Waals surface area (Å²) in [5, 5.41) is 17.6.